The Kier molecular flexibility index (Phi) is 4.46. The van der Waals surface area contributed by atoms with Crippen LogP contribution in [0.5, 0.6) is 0 Å². The van der Waals surface area contributed by atoms with Crippen LogP contribution >= 0.6 is 11.8 Å². The van der Waals surface area contributed by atoms with E-state index in [0.717, 1.165) is 5.56 Å². The van der Waals surface area contributed by atoms with Gasteiger partial charge in [-0.15, -0.1) is 11.8 Å². The van der Waals surface area contributed by atoms with E-state index >= 15 is 0 Å². The summed E-state index contributed by atoms with van der Waals surface area (Å²) in [5.41, 5.74) is 0.788. The Bertz CT molecular complexity index is 513. The van der Waals surface area contributed by atoms with Crippen LogP contribution in [0.25, 0.3) is 0 Å². The fourth-order valence-electron chi connectivity index (χ4n) is 1.60. The number of hydrogen-bond donors (Lipinski definition) is 2. The third-order valence-corrected chi connectivity index (χ3v) is 3.56. The summed E-state index contributed by atoms with van der Waals surface area (Å²) in [5.74, 6) is -1.09. The van der Waals surface area contributed by atoms with E-state index < -0.39 is 11.9 Å². The maximum Gasteiger partial charge on any atom is 0.353 e. The molecular formula is C13H13NO4S. The van der Waals surface area contributed by atoms with Crippen LogP contribution in [0.1, 0.15) is 5.56 Å². The number of benzene rings is 1. The number of carbonyl (C=O) groups is 2. The van der Waals surface area contributed by atoms with Gasteiger partial charge in [0.25, 0.3) is 0 Å². The number of carboxylic acid groups (broad SMARTS) is 1. The van der Waals surface area contributed by atoms with E-state index in [4.69, 9.17) is 9.84 Å². The number of hydrogen-bond acceptors (Lipinski definition) is 5. The fraction of sp³-hybridized carbons (Fsp3) is 0.231. The van der Waals surface area contributed by atoms with Crippen molar-refractivity contribution >= 4 is 23.7 Å². The highest BCUT2D eigenvalue weighted by molar-refractivity contribution is 8.04. The average molecular weight is 279 g/mol. The number of ether oxygens (including phenoxy) is 1. The molecule has 0 aromatic heterocycles. The van der Waals surface area contributed by atoms with Crippen molar-refractivity contribution in [2.45, 2.75) is 6.61 Å². The molecule has 1 aliphatic rings. The standard InChI is InChI=1S/C13H13NO4S/c15-12(16)10-11(19-7-6-14-10)13(17)18-8-9-4-2-1-3-5-9/h1-5,14H,6-8H2,(H,15,16). The fourth-order valence-corrected chi connectivity index (χ4v) is 2.49. The Labute approximate surface area is 114 Å². The van der Waals surface area contributed by atoms with E-state index in [1.807, 2.05) is 30.3 Å². The number of rotatable bonds is 4. The van der Waals surface area contributed by atoms with Crippen molar-refractivity contribution in [1.29, 1.82) is 0 Å². The van der Waals surface area contributed by atoms with Gasteiger partial charge in [-0.25, -0.2) is 9.59 Å². The number of nitrogens with one attached hydrogen (secondary N) is 1. The van der Waals surface area contributed by atoms with Gasteiger partial charge in [-0.2, -0.15) is 0 Å². The molecule has 100 valence electrons. The highest BCUT2D eigenvalue weighted by Gasteiger charge is 2.25. The summed E-state index contributed by atoms with van der Waals surface area (Å²) in [5, 5.41) is 11.7. The van der Waals surface area contributed by atoms with Gasteiger partial charge in [0.15, 0.2) is 0 Å². The Hall–Kier alpha value is -1.95. The van der Waals surface area contributed by atoms with E-state index in [2.05, 4.69) is 5.32 Å². The molecule has 1 heterocycles. The lowest BCUT2D eigenvalue weighted by molar-refractivity contribution is -0.140. The number of carbonyl (C=O) groups excluding carboxylic acids is 1. The van der Waals surface area contributed by atoms with Gasteiger partial charge in [-0.1, -0.05) is 30.3 Å². The number of carboxylic acids is 1. The van der Waals surface area contributed by atoms with Crippen LogP contribution in [0, 0.1) is 0 Å². The Morgan fingerprint density at radius 3 is 2.74 bits per heavy atom. The second-order valence-corrected chi connectivity index (χ2v) is 4.95. The largest absolute Gasteiger partial charge is 0.477 e. The zero-order valence-electron chi connectivity index (χ0n) is 10.1. The normalized spacial score (nSPS) is 14.7. The first kappa shape index (κ1) is 13.5. The first-order chi connectivity index (χ1) is 9.18. The average Bonchev–Trinajstić information content (AvgIpc) is 2.46. The molecular weight excluding hydrogens is 266 g/mol. The van der Waals surface area contributed by atoms with E-state index in [1.165, 1.54) is 11.8 Å². The molecule has 0 atom stereocenters. The smallest absolute Gasteiger partial charge is 0.353 e. The maximum absolute atomic E-state index is 11.9. The van der Waals surface area contributed by atoms with Crippen molar-refractivity contribution in [2.75, 3.05) is 12.3 Å². The molecule has 0 aliphatic carbocycles. The number of aliphatic carboxylic acids is 1. The summed E-state index contributed by atoms with van der Waals surface area (Å²) < 4.78 is 5.13. The van der Waals surface area contributed by atoms with E-state index in [1.54, 1.807) is 0 Å². The number of thioether (sulfide) groups is 1. The lowest BCUT2D eigenvalue weighted by Gasteiger charge is -2.17. The first-order valence-corrected chi connectivity index (χ1v) is 6.72. The third kappa shape index (κ3) is 3.51. The molecule has 6 heteroatoms. The molecule has 1 aromatic carbocycles. The second kappa shape index (κ2) is 6.29. The van der Waals surface area contributed by atoms with Gasteiger partial charge in [0.05, 0.1) is 0 Å². The van der Waals surface area contributed by atoms with Crippen LogP contribution in [0.15, 0.2) is 40.9 Å². The molecule has 19 heavy (non-hydrogen) atoms. The van der Waals surface area contributed by atoms with E-state index in [0.29, 0.717) is 12.3 Å². The minimum absolute atomic E-state index is 0.0747. The Morgan fingerprint density at radius 1 is 1.32 bits per heavy atom. The van der Waals surface area contributed by atoms with Crippen LogP contribution in [-0.4, -0.2) is 29.3 Å². The molecule has 0 saturated heterocycles. The van der Waals surface area contributed by atoms with Gasteiger partial charge < -0.3 is 15.2 Å². The summed E-state index contributed by atoms with van der Waals surface area (Å²) in [6, 6.07) is 9.25. The molecule has 0 spiro atoms. The van der Waals surface area contributed by atoms with Crippen molar-refractivity contribution in [3.63, 3.8) is 0 Å². The van der Waals surface area contributed by atoms with Crippen molar-refractivity contribution in [1.82, 2.24) is 5.32 Å². The van der Waals surface area contributed by atoms with Gasteiger partial charge in [0, 0.05) is 12.3 Å². The van der Waals surface area contributed by atoms with Gasteiger partial charge >= 0.3 is 11.9 Å². The van der Waals surface area contributed by atoms with Gasteiger partial charge in [-0.05, 0) is 5.56 Å². The lowest BCUT2D eigenvalue weighted by Crippen LogP contribution is -2.30. The summed E-state index contributed by atoms with van der Waals surface area (Å²) >= 11 is 1.20. The molecule has 0 saturated carbocycles. The Balaban J connectivity index is 2.04. The molecule has 1 aliphatic heterocycles. The number of esters is 1. The second-order valence-electron chi connectivity index (χ2n) is 3.85. The zero-order chi connectivity index (χ0) is 13.7. The molecule has 0 unspecified atom stereocenters. The minimum atomic E-state index is -1.14. The van der Waals surface area contributed by atoms with Crippen molar-refractivity contribution in [3.05, 3.63) is 46.5 Å². The summed E-state index contributed by atoms with van der Waals surface area (Å²) in [6.07, 6.45) is 0. The molecule has 1 aromatic rings. The minimum Gasteiger partial charge on any atom is -0.477 e. The van der Waals surface area contributed by atoms with Crippen LogP contribution in [0.4, 0.5) is 0 Å². The van der Waals surface area contributed by atoms with Crippen LogP contribution in [0.3, 0.4) is 0 Å². The zero-order valence-corrected chi connectivity index (χ0v) is 10.9. The lowest BCUT2D eigenvalue weighted by atomic mass is 10.2. The van der Waals surface area contributed by atoms with Crippen LogP contribution < -0.4 is 5.32 Å². The van der Waals surface area contributed by atoms with E-state index in [9.17, 15) is 9.59 Å². The highest BCUT2D eigenvalue weighted by atomic mass is 32.2. The molecule has 0 bridgehead atoms. The summed E-state index contributed by atoms with van der Waals surface area (Å²) in [7, 11) is 0. The molecule has 2 N–H and O–H groups in total. The molecule has 0 fully saturated rings. The quantitative estimate of drug-likeness (QED) is 0.811. The Morgan fingerprint density at radius 2 is 2.05 bits per heavy atom. The predicted octanol–water partition coefficient (Wildman–Crippen LogP) is 1.36. The first-order valence-electron chi connectivity index (χ1n) is 5.74. The molecule has 5 nitrogen and oxygen atoms in total. The molecule has 2 rings (SSSR count). The van der Waals surface area contributed by atoms with Crippen LogP contribution in [0.2, 0.25) is 0 Å². The monoisotopic (exact) mass is 279 g/mol. The van der Waals surface area contributed by atoms with Crippen LogP contribution in [-0.2, 0) is 20.9 Å². The topological polar surface area (TPSA) is 75.6 Å². The molecule has 0 radical (unpaired) electrons. The summed E-state index contributed by atoms with van der Waals surface area (Å²) in [6.45, 7) is 0.665. The van der Waals surface area contributed by atoms with Crippen molar-refractivity contribution in [3.8, 4) is 0 Å². The predicted molar refractivity (Wildman–Crippen MR) is 71.4 cm³/mol. The van der Waals surface area contributed by atoms with Crippen molar-refractivity contribution < 1.29 is 19.4 Å². The van der Waals surface area contributed by atoms with E-state index in [-0.39, 0.29) is 17.2 Å². The highest BCUT2D eigenvalue weighted by Crippen LogP contribution is 2.24. The van der Waals surface area contributed by atoms with Gasteiger partial charge in [-0.3, -0.25) is 0 Å². The maximum atomic E-state index is 11.9. The molecule has 0 amide bonds. The van der Waals surface area contributed by atoms with Gasteiger partial charge in [0.2, 0.25) is 0 Å². The van der Waals surface area contributed by atoms with Crippen molar-refractivity contribution in [2.24, 2.45) is 0 Å². The summed E-state index contributed by atoms with van der Waals surface area (Å²) in [4.78, 5) is 23.0. The SMILES string of the molecule is O=C(O)C1=C(C(=O)OCc2ccccc2)SCCN1. The third-order valence-electron chi connectivity index (χ3n) is 2.49. The van der Waals surface area contributed by atoms with Gasteiger partial charge in [0.1, 0.15) is 17.2 Å².